The fourth-order valence-electron chi connectivity index (χ4n) is 4.48. The molecule has 0 spiro atoms. The molecule has 1 aromatic heterocycles. The summed E-state index contributed by atoms with van der Waals surface area (Å²) in [6, 6.07) is 3.79. The summed E-state index contributed by atoms with van der Waals surface area (Å²) >= 11 is 0. The average Bonchev–Trinajstić information content (AvgIpc) is 3.29. The lowest BCUT2D eigenvalue weighted by Gasteiger charge is -2.33. The molecule has 0 unspecified atom stereocenters. The SMILES string of the molecule is C=C(/C(OCC(F)(F)F)=C(\CC)N=C(C1CCN(C)CC1)N(C)CC)c1c(C)ccc2[nH]ncc12. The molecule has 0 bridgehead atoms. The van der Waals surface area contributed by atoms with Crippen molar-refractivity contribution in [3.8, 4) is 0 Å². The highest BCUT2D eigenvalue weighted by Crippen LogP contribution is 2.35. The zero-order valence-corrected chi connectivity index (χ0v) is 21.3. The Kier molecular flexibility index (Phi) is 8.64. The molecule has 9 heteroatoms. The van der Waals surface area contributed by atoms with E-state index >= 15 is 0 Å². The molecule has 0 aliphatic carbocycles. The summed E-state index contributed by atoms with van der Waals surface area (Å²) in [7, 11) is 4.08. The zero-order valence-electron chi connectivity index (χ0n) is 21.3. The Bertz CT molecular complexity index is 1090. The van der Waals surface area contributed by atoms with Crippen LogP contribution in [-0.2, 0) is 4.74 Å². The van der Waals surface area contributed by atoms with E-state index in [0.717, 1.165) is 54.8 Å². The van der Waals surface area contributed by atoms with Crippen LogP contribution in [0, 0.1) is 12.8 Å². The van der Waals surface area contributed by atoms with Crippen molar-refractivity contribution in [3.63, 3.8) is 0 Å². The van der Waals surface area contributed by atoms with Gasteiger partial charge in [-0.2, -0.15) is 18.3 Å². The van der Waals surface area contributed by atoms with Gasteiger partial charge >= 0.3 is 6.18 Å². The van der Waals surface area contributed by atoms with Crippen LogP contribution in [0.25, 0.3) is 16.5 Å². The largest absolute Gasteiger partial charge is 0.482 e. The standard InChI is InChI=1S/C26H36F3N5O/c1-7-21(31-25(34(6)8-2)19-11-13-33(5)14-12-19)24(35-16-26(27,28)29)18(4)23-17(3)9-10-22-20(23)15-30-32-22/h9-10,15,19H,4,7-8,11-14,16H2,1-3,5-6H3,(H,30,32)/b24-21-,31-25?. The second-order valence-corrected chi connectivity index (χ2v) is 9.16. The first-order valence-corrected chi connectivity index (χ1v) is 12.1. The number of rotatable bonds is 8. The molecule has 6 nitrogen and oxygen atoms in total. The van der Waals surface area contributed by atoms with Gasteiger partial charge in [0, 0.05) is 30.5 Å². The Morgan fingerprint density at radius 1 is 1.29 bits per heavy atom. The number of alkyl halides is 3. The summed E-state index contributed by atoms with van der Waals surface area (Å²) in [6.07, 6.45) is -0.524. The lowest BCUT2D eigenvalue weighted by Crippen LogP contribution is -2.40. The Hall–Kier alpha value is -2.81. The third-order valence-corrected chi connectivity index (χ3v) is 6.58. The number of aromatic nitrogens is 2. The summed E-state index contributed by atoms with van der Waals surface area (Å²) in [4.78, 5) is 9.35. The first-order chi connectivity index (χ1) is 16.6. The average molecular weight is 492 g/mol. The number of benzene rings is 1. The van der Waals surface area contributed by atoms with Crippen molar-refractivity contribution >= 4 is 22.3 Å². The number of aromatic amines is 1. The van der Waals surface area contributed by atoms with E-state index in [1.54, 1.807) is 6.20 Å². The molecule has 0 radical (unpaired) electrons. The molecule has 1 saturated heterocycles. The van der Waals surface area contributed by atoms with Gasteiger partial charge in [-0.15, -0.1) is 0 Å². The first kappa shape index (κ1) is 26.8. The number of aliphatic imine (C=N–C) groups is 1. The molecular formula is C26H36F3N5O. The number of aryl methyl sites for hydroxylation is 1. The lowest BCUT2D eigenvalue weighted by molar-refractivity contribution is -0.163. The number of hydrogen-bond donors (Lipinski definition) is 1. The predicted molar refractivity (Wildman–Crippen MR) is 135 cm³/mol. The molecule has 3 rings (SSSR count). The smallest absolute Gasteiger partial charge is 0.422 e. The maximum atomic E-state index is 13.3. The quantitative estimate of drug-likeness (QED) is 0.220. The van der Waals surface area contributed by atoms with Crippen molar-refractivity contribution in [1.29, 1.82) is 0 Å². The number of amidine groups is 1. The molecule has 1 aliphatic rings. The summed E-state index contributed by atoms with van der Waals surface area (Å²) in [6.45, 7) is 11.3. The Balaban J connectivity index is 2.15. The molecule has 1 aromatic carbocycles. The number of ether oxygens (including phenoxy) is 1. The van der Waals surface area contributed by atoms with Gasteiger partial charge in [0.1, 0.15) is 11.6 Å². The number of hydrogen-bond acceptors (Lipinski definition) is 4. The molecule has 1 aliphatic heterocycles. The predicted octanol–water partition coefficient (Wildman–Crippen LogP) is 5.78. The highest BCUT2D eigenvalue weighted by Gasteiger charge is 2.31. The van der Waals surface area contributed by atoms with Gasteiger partial charge in [-0.25, -0.2) is 4.99 Å². The first-order valence-electron chi connectivity index (χ1n) is 12.1. The van der Waals surface area contributed by atoms with Crippen LogP contribution < -0.4 is 0 Å². The maximum absolute atomic E-state index is 13.3. The Morgan fingerprint density at radius 3 is 2.57 bits per heavy atom. The highest BCUT2D eigenvalue weighted by atomic mass is 19.4. The van der Waals surface area contributed by atoms with Crippen molar-refractivity contribution < 1.29 is 17.9 Å². The highest BCUT2D eigenvalue weighted by molar-refractivity contribution is 5.96. The van der Waals surface area contributed by atoms with Gasteiger partial charge in [-0.3, -0.25) is 5.10 Å². The number of likely N-dealkylation sites (tertiary alicyclic amines) is 1. The zero-order chi connectivity index (χ0) is 25.8. The molecule has 0 saturated carbocycles. The van der Waals surface area contributed by atoms with Crippen molar-refractivity contribution in [3.05, 3.63) is 47.5 Å². The topological polar surface area (TPSA) is 56.8 Å². The van der Waals surface area contributed by atoms with E-state index < -0.39 is 12.8 Å². The summed E-state index contributed by atoms with van der Waals surface area (Å²) < 4.78 is 45.3. The molecule has 2 aromatic rings. The second-order valence-electron chi connectivity index (χ2n) is 9.16. The fraction of sp³-hybridized carbons (Fsp3) is 0.538. The van der Waals surface area contributed by atoms with Crippen LogP contribution in [0.4, 0.5) is 13.2 Å². The van der Waals surface area contributed by atoms with Crippen LogP contribution in [0.3, 0.4) is 0 Å². The normalized spacial score (nSPS) is 17.0. The van der Waals surface area contributed by atoms with Crippen LogP contribution in [0.2, 0.25) is 0 Å². The van der Waals surface area contributed by atoms with Gasteiger partial charge in [-0.1, -0.05) is 19.6 Å². The maximum Gasteiger partial charge on any atom is 0.422 e. The number of fused-ring (bicyclic) bond motifs is 1. The number of H-pyrrole nitrogens is 1. The van der Waals surface area contributed by atoms with Crippen molar-refractivity contribution in [2.45, 2.75) is 46.2 Å². The van der Waals surface area contributed by atoms with E-state index in [0.29, 0.717) is 23.3 Å². The summed E-state index contributed by atoms with van der Waals surface area (Å²) in [5, 5.41) is 7.80. The third kappa shape index (κ3) is 6.45. The second kappa shape index (κ2) is 11.3. The lowest BCUT2D eigenvalue weighted by atomic mass is 9.94. The van der Waals surface area contributed by atoms with Crippen molar-refractivity contribution in [1.82, 2.24) is 20.0 Å². The number of piperidine rings is 1. The Labute approximate surface area is 205 Å². The van der Waals surface area contributed by atoms with Crippen molar-refractivity contribution in [2.75, 3.05) is 40.3 Å². The molecule has 1 fully saturated rings. The fourth-order valence-corrected chi connectivity index (χ4v) is 4.48. The van der Waals surface area contributed by atoms with Crippen LogP contribution in [0.15, 0.2) is 41.4 Å². The van der Waals surface area contributed by atoms with Gasteiger partial charge < -0.3 is 14.5 Å². The minimum atomic E-state index is -4.48. The number of allylic oxidation sites excluding steroid dienone is 2. The molecule has 192 valence electrons. The molecule has 0 atom stereocenters. The summed E-state index contributed by atoms with van der Waals surface area (Å²) in [5.74, 6) is 1.20. The Morgan fingerprint density at radius 2 is 1.97 bits per heavy atom. The molecular weight excluding hydrogens is 455 g/mol. The van der Waals surface area contributed by atoms with E-state index in [4.69, 9.17) is 9.73 Å². The van der Waals surface area contributed by atoms with E-state index in [9.17, 15) is 13.2 Å². The molecule has 2 heterocycles. The number of halogens is 3. The minimum absolute atomic E-state index is 0.0801. The van der Waals surface area contributed by atoms with Gasteiger partial charge in [0.05, 0.1) is 17.4 Å². The van der Waals surface area contributed by atoms with Crippen LogP contribution in [0.5, 0.6) is 0 Å². The van der Waals surface area contributed by atoms with Gasteiger partial charge in [0.15, 0.2) is 6.61 Å². The molecule has 35 heavy (non-hydrogen) atoms. The van der Waals surface area contributed by atoms with E-state index in [-0.39, 0.29) is 11.7 Å². The van der Waals surface area contributed by atoms with Crippen LogP contribution in [0.1, 0.15) is 44.2 Å². The molecule has 0 amide bonds. The van der Waals surface area contributed by atoms with Crippen LogP contribution >= 0.6 is 0 Å². The summed E-state index contributed by atoms with van der Waals surface area (Å²) in [5.41, 5.74) is 3.20. The minimum Gasteiger partial charge on any atom is -0.482 e. The van der Waals surface area contributed by atoms with Gasteiger partial charge in [0.25, 0.3) is 0 Å². The third-order valence-electron chi connectivity index (χ3n) is 6.58. The van der Waals surface area contributed by atoms with Gasteiger partial charge in [-0.05, 0) is 70.4 Å². The van der Waals surface area contributed by atoms with Gasteiger partial charge in [0.2, 0.25) is 0 Å². The molecule has 1 N–H and O–H groups in total. The number of nitrogens with one attached hydrogen (secondary N) is 1. The van der Waals surface area contributed by atoms with Crippen LogP contribution in [-0.4, -0.2) is 72.3 Å². The monoisotopic (exact) mass is 491 g/mol. The van der Waals surface area contributed by atoms with Crippen molar-refractivity contribution in [2.24, 2.45) is 10.9 Å². The number of nitrogens with zero attached hydrogens (tertiary/aromatic N) is 4. The van der Waals surface area contributed by atoms with E-state index in [2.05, 4.69) is 33.6 Å². The van der Waals surface area contributed by atoms with E-state index in [1.807, 2.05) is 40.0 Å². The van der Waals surface area contributed by atoms with E-state index in [1.165, 1.54) is 0 Å².